The number of carbonyl (C=O) groups is 2. The highest BCUT2D eigenvalue weighted by Crippen LogP contribution is 2.25. The molecular formula is C18H25NO4. The highest BCUT2D eigenvalue weighted by Gasteiger charge is 2.35. The molecular weight excluding hydrogens is 294 g/mol. The number of rotatable bonds is 4. The highest BCUT2D eigenvalue weighted by molar-refractivity contribution is 5.83. The Morgan fingerprint density at radius 2 is 1.74 bits per heavy atom. The fourth-order valence-corrected chi connectivity index (χ4v) is 2.67. The summed E-state index contributed by atoms with van der Waals surface area (Å²) < 4.78 is 5.27. The third kappa shape index (κ3) is 4.32. The van der Waals surface area contributed by atoms with Crippen LogP contribution in [0.5, 0.6) is 0 Å². The summed E-state index contributed by atoms with van der Waals surface area (Å²) in [6.45, 7) is 8.38. The van der Waals surface area contributed by atoms with Crippen molar-refractivity contribution in [2.24, 2.45) is 0 Å². The van der Waals surface area contributed by atoms with E-state index in [0.717, 1.165) is 5.56 Å². The summed E-state index contributed by atoms with van der Waals surface area (Å²) in [5.41, 5.74) is 2.34. The molecule has 0 spiro atoms. The van der Waals surface area contributed by atoms with Gasteiger partial charge in [0.25, 0.3) is 0 Å². The molecule has 5 heteroatoms. The zero-order chi connectivity index (χ0) is 17.2. The van der Waals surface area contributed by atoms with E-state index in [-0.39, 0.29) is 17.4 Å². The number of benzene rings is 1. The van der Waals surface area contributed by atoms with Crippen LogP contribution in [0.2, 0.25) is 0 Å². The van der Waals surface area contributed by atoms with Crippen molar-refractivity contribution < 1.29 is 19.4 Å². The largest absolute Gasteiger partial charge is 0.479 e. The fourth-order valence-electron chi connectivity index (χ4n) is 2.67. The van der Waals surface area contributed by atoms with Crippen molar-refractivity contribution in [1.82, 2.24) is 5.32 Å². The molecule has 0 aromatic heterocycles. The van der Waals surface area contributed by atoms with Gasteiger partial charge in [-0.1, -0.05) is 45.0 Å². The number of carbonyl (C=O) groups excluding carboxylic acids is 1. The fraction of sp³-hybridized carbons (Fsp3) is 0.556. The van der Waals surface area contributed by atoms with Crippen LogP contribution in [0.3, 0.4) is 0 Å². The summed E-state index contributed by atoms with van der Waals surface area (Å²) in [5, 5.41) is 11.8. The minimum Gasteiger partial charge on any atom is -0.479 e. The molecule has 0 aliphatic carbocycles. The first-order valence-electron chi connectivity index (χ1n) is 7.97. The van der Waals surface area contributed by atoms with Crippen LogP contribution < -0.4 is 5.32 Å². The highest BCUT2D eigenvalue weighted by atomic mass is 16.5. The first-order valence-corrected chi connectivity index (χ1v) is 7.97. The molecule has 1 unspecified atom stereocenters. The number of carboxylic acid groups (broad SMARTS) is 1. The molecule has 5 nitrogen and oxygen atoms in total. The van der Waals surface area contributed by atoms with Gasteiger partial charge in [0.1, 0.15) is 6.10 Å². The maximum Gasteiger partial charge on any atom is 0.332 e. The molecule has 0 bridgehead atoms. The number of aliphatic carboxylic acids is 1. The van der Waals surface area contributed by atoms with E-state index < -0.39 is 18.2 Å². The molecule has 1 aliphatic rings. The van der Waals surface area contributed by atoms with Gasteiger partial charge >= 0.3 is 5.97 Å². The maximum atomic E-state index is 12.2. The smallest absolute Gasteiger partial charge is 0.332 e. The van der Waals surface area contributed by atoms with Gasteiger partial charge in [-0.25, -0.2) is 4.79 Å². The molecule has 1 heterocycles. The number of hydrogen-bond donors (Lipinski definition) is 2. The summed E-state index contributed by atoms with van der Waals surface area (Å²) in [6.07, 6.45) is -0.722. The molecule has 1 aromatic carbocycles. The van der Waals surface area contributed by atoms with Crippen LogP contribution in [-0.4, -0.2) is 29.2 Å². The number of hydrogen-bond acceptors (Lipinski definition) is 3. The van der Waals surface area contributed by atoms with E-state index >= 15 is 0 Å². The van der Waals surface area contributed by atoms with E-state index in [0.29, 0.717) is 12.8 Å². The summed E-state index contributed by atoms with van der Waals surface area (Å²) in [5.74, 6) is -1.26. The van der Waals surface area contributed by atoms with Crippen molar-refractivity contribution in [3.8, 4) is 0 Å². The van der Waals surface area contributed by atoms with Crippen molar-refractivity contribution >= 4 is 11.9 Å². The van der Waals surface area contributed by atoms with Gasteiger partial charge in [-0.2, -0.15) is 0 Å². The zero-order valence-electron chi connectivity index (χ0n) is 14.1. The van der Waals surface area contributed by atoms with Crippen LogP contribution in [0.25, 0.3) is 0 Å². The van der Waals surface area contributed by atoms with E-state index in [4.69, 9.17) is 9.84 Å². The summed E-state index contributed by atoms with van der Waals surface area (Å²) >= 11 is 0. The van der Waals surface area contributed by atoms with Gasteiger partial charge in [0.2, 0.25) is 5.91 Å². The van der Waals surface area contributed by atoms with Gasteiger partial charge in [-0.05, 0) is 36.3 Å². The molecule has 1 fully saturated rings. The van der Waals surface area contributed by atoms with Gasteiger partial charge in [0.05, 0.1) is 6.04 Å². The first kappa shape index (κ1) is 17.5. The lowest BCUT2D eigenvalue weighted by Crippen LogP contribution is -2.37. The molecule has 2 N–H and O–H groups in total. The van der Waals surface area contributed by atoms with Crippen molar-refractivity contribution in [1.29, 1.82) is 0 Å². The quantitative estimate of drug-likeness (QED) is 0.895. The maximum absolute atomic E-state index is 12.2. The Morgan fingerprint density at radius 1 is 1.17 bits per heavy atom. The van der Waals surface area contributed by atoms with E-state index in [1.165, 1.54) is 5.56 Å². The Morgan fingerprint density at radius 3 is 2.22 bits per heavy atom. The van der Waals surface area contributed by atoms with Crippen molar-refractivity contribution in [2.45, 2.75) is 64.2 Å². The number of carboxylic acids is 1. The summed E-state index contributed by atoms with van der Waals surface area (Å²) in [6, 6.07) is 8.03. The second kappa shape index (κ2) is 6.71. The van der Waals surface area contributed by atoms with Crippen LogP contribution in [-0.2, 0) is 19.7 Å². The molecule has 1 saturated heterocycles. The molecule has 23 heavy (non-hydrogen) atoms. The lowest BCUT2D eigenvalue weighted by molar-refractivity contribution is -0.151. The van der Waals surface area contributed by atoms with Crippen molar-refractivity contribution in [2.75, 3.05) is 0 Å². The second-order valence-corrected chi connectivity index (χ2v) is 7.13. The van der Waals surface area contributed by atoms with Gasteiger partial charge in [0.15, 0.2) is 6.10 Å². The van der Waals surface area contributed by atoms with Crippen LogP contribution in [0.4, 0.5) is 0 Å². The second-order valence-electron chi connectivity index (χ2n) is 7.13. The molecule has 3 atom stereocenters. The lowest BCUT2D eigenvalue weighted by atomic mass is 9.86. The van der Waals surface area contributed by atoms with Crippen LogP contribution >= 0.6 is 0 Å². The Balaban J connectivity index is 1.95. The standard InChI is InChI=1S/C18H25NO4/c1-11(12-5-7-13(8-6-12)18(2,3)4)19-16(20)14-9-10-15(23-14)17(21)22/h5-8,11,14-15H,9-10H2,1-4H3,(H,19,20)(H,21,22)/t11?,14-,15+/m0/s1. The summed E-state index contributed by atoms with van der Waals surface area (Å²) in [7, 11) is 0. The molecule has 0 radical (unpaired) electrons. The monoisotopic (exact) mass is 319 g/mol. The first-order chi connectivity index (χ1) is 10.7. The molecule has 2 rings (SSSR count). The van der Waals surface area contributed by atoms with Crippen molar-refractivity contribution in [3.05, 3.63) is 35.4 Å². The Labute approximate surface area is 137 Å². The predicted molar refractivity (Wildman–Crippen MR) is 87.2 cm³/mol. The third-order valence-electron chi connectivity index (χ3n) is 4.22. The summed E-state index contributed by atoms with van der Waals surface area (Å²) in [4.78, 5) is 23.1. The van der Waals surface area contributed by atoms with E-state index in [2.05, 4.69) is 38.2 Å². The number of ether oxygens (including phenoxy) is 1. The van der Waals surface area contributed by atoms with Gasteiger partial charge < -0.3 is 15.2 Å². The van der Waals surface area contributed by atoms with Crippen LogP contribution in [0.1, 0.15) is 57.7 Å². The van der Waals surface area contributed by atoms with E-state index in [9.17, 15) is 9.59 Å². The SMILES string of the molecule is CC(NC(=O)[C@@H]1CC[C@H](C(=O)O)O1)c1ccc(C(C)(C)C)cc1. The van der Waals surface area contributed by atoms with Crippen molar-refractivity contribution in [3.63, 3.8) is 0 Å². The van der Waals surface area contributed by atoms with Gasteiger partial charge in [-0.3, -0.25) is 4.79 Å². The predicted octanol–water partition coefficient (Wildman–Crippen LogP) is 2.79. The van der Waals surface area contributed by atoms with Crippen LogP contribution in [0, 0.1) is 0 Å². The van der Waals surface area contributed by atoms with Gasteiger partial charge in [0, 0.05) is 0 Å². The minimum atomic E-state index is -1.01. The average Bonchev–Trinajstić information content (AvgIpc) is 2.96. The topological polar surface area (TPSA) is 75.6 Å². The lowest BCUT2D eigenvalue weighted by Gasteiger charge is -2.21. The molecule has 0 saturated carbocycles. The molecule has 1 amide bonds. The zero-order valence-corrected chi connectivity index (χ0v) is 14.1. The minimum absolute atomic E-state index is 0.0918. The average molecular weight is 319 g/mol. The number of nitrogens with one attached hydrogen (secondary N) is 1. The third-order valence-corrected chi connectivity index (χ3v) is 4.22. The van der Waals surface area contributed by atoms with E-state index in [1.807, 2.05) is 19.1 Å². The Hall–Kier alpha value is -1.88. The Bertz CT molecular complexity index is 574. The molecule has 1 aromatic rings. The molecule has 126 valence electrons. The Kier molecular flexibility index (Phi) is 5.09. The van der Waals surface area contributed by atoms with Gasteiger partial charge in [-0.15, -0.1) is 0 Å². The van der Waals surface area contributed by atoms with Crippen LogP contribution in [0.15, 0.2) is 24.3 Å². The number of amides is 1. The van der Waals surface area contributed by atoms with E-state index in [1.54, 1.807) is 0 Å². The normalized spacial score (nSPS) is 22.6. The molecule has 1 aliphatic heterocycles.